The molecule has 0 saturated heterocycles. The van der Waals surface area contributed by atoms with E-state index >= 15 is 0 Å². The molecule has 0 N–H and O–H groups in total. The van der Waals surface area contributed by atoms with Crippen LogP contribution in [-0.2, 0) is 20.9 Å². The van der Waals surface area contributed by atoms with Crippen LogP contribution in [-0.4, -0.2) is 29.7 Å². The van der Waals surface area contributed by atoms with Gasteiger partial charge in [0.1, 0.15) is 0 Å². The Bertz CT molecular complexity index is 571. The third-order valence-corrected chi connectivity index (χ3v) is 3.58. The zero-order valence-electron chi connectivity index (χ0n) is 11.3. The fraction of sp³-hybridized carbons (Fsp3) is 0.357. The number of carbonyl (C=O) groups is 2. The predicted molar refractivity (Wildman–Crippen MR) is 75.2 cm³/mol. The summed E-state index contributed by atoms with van der Waals surface area (Å²) in [6.45, 7) is 2.03. The molecule has 1 heterocycles. The van der Waals surface area contributed by atoms with E-state index < -0.39 is 11.9 Å². The Morgan fingerprint density at radius 2 is 2.15 bits per heavy atom. The van der Waals surface area contributed by atoms with Crippen LogP contribution in [0.5, 0.6) is 0 Å². The maximum Gasteiger partial charge on any atom is 0.306 e. The topological polar surface area (TPSA) is 59.0 Å². The first-order valence-corrected chi connectivity index (χ1v) is 6.57. The van der Waals surface area contributed by atoms with E-state index in [2.05, 4.69) is 9.84 Å². The number of halogens is 1. The molecule has 1 unspecified atom stereocenters. The smallest absolute Gasteiger partial charge is 0.306 e. The van der Waals surface area contributed by atoms with E-state index in [0.29, 0.717) is 17.3 Å². The van der Waals surface area contributed by atoms with Crippen LogP contribution in [0.3, 0.4) is 0 Å². The van der Waals surface area contributed by atoms with Crippen molar-refractivity contribution in [1.82, 2.24) is 5.01 Å². The van der Waals surface area contributed by atoms with E-state index in [-0.39, 0.29) is 12.3 Å². The molecular formula is C14H15ClN2O3. The molecule has 1 aromatic carbocycles. The predicted octanol–water partition coefficient (Wildman–Crippen LogP) is 2.24. The third-order valence-electron chi connectivity index (χ3n) is 3.21. The molecule has 20 heavy (non-hydrogen) atoms. The molecule has 2 rings (SSSR count). The molecule has 6 heteroatoms. The Kier molecular flexibility index (Phi) is 4.39. The summed E-state index contributed by atoms with van der Waals surface area (Å²) >= 11 is 6.07. The van der Waals surface area contributed by atoms with Crippen LogP contribution in [0.4, 0.5) is 0 Å². The number of ether oxygens (including phenoxy) is 1. The number of hydrazone groups is 1. The number of rotatable bonds is 4. The summed E-state index contributed by atoms with van der Waals surface area (Å²) in [7, 11) is 1.30. The van der Waals surface area contributed by atoms with Gasteiger partial charge in [-0.15, -0.1) is 0 Å². The quantitative estimate of drug-likeness (QED) is 0.800. The molecule has 1 aromatic rings. The summed E-state index contributed by atoms with van der Waals surface area (Å²) in [4.78, 5) is 23.6. The average molecular weight is 295 g/mol. The fourth-order valence-electron chi connectivity index (χ4n) is 2.05. The van der Waals surface area contributed by atoms with Crippen LogP contribution in [0.1, 0.15) is 18.9 Å². The summed E-state index contributed by atoms with van der Waals surface area (Å²) in [5.41, 5.74) is 1.44. The lowest BCUT2D eigenvalue weighted by molar-refractivity contribution is -0.144. The lowest BCUT2D eigenvalue weighted by Gasteiger charge is -2.14. The zero-order chi connectivity index (χ0) is 14.7. The van der Waals surface area contributed by atoms with Crippen LogP contribution in [0.2, 0.25) is 5.02 Å². The van der Waals surface area contributed by atoms with Gasteiger partial charge < -0.3 is 4.74 Å². The van der Waals surface area contributed by atoms with Gasteiger partial charge in [-0.1, -0.05) is 29.8 Å². The highest BCUT2D eigenvalue weighted by Gasteiger charge is 2.35. The molecule has 0 aromatic heterocycles. The van der Waals surface area contributed by atoms with E-state index in [9.17, 15) is 9.59 Å². The van der Waals surface area contributed by atoms with Gasteiger partial charge in [-0.2, -0.15) is 5.10 Å². The highest BCUT2D eigenvalue weighted by molar-refractivity contribution is 6.31. The molecular weight excluding hydrogens is 280 g/mol. The van der Waals surface area contributed by atoms with Crippen molar-refractivity contribution >= 4 is 29.2 Å². The minimum atomic E-state index is -0.537. The standard InChI is InChI=1S/C14H15ClN2O3/c1-9-11(7-13(18)20-2)14(19)17(16-9)8-10-5-3-4-6-12(10)15/h3-6,11H,7-8H2,1-2H3. The number of esters is 1. The van der Waals surface area contributed by atoms with Crippen molar-refractivity contribution in [2.24, 2.45) is 11.0 Å². The Balaban J connectivity index is 2.10. The molecule has 106 valence electrons. The van der Waals surface area contributed by atoms with Crippen LogP contribution < -0.4 is 0 Å². The second-order valence-electron chi connectivity index (χ2n) is 4.56. The Labute approximate surface area is 122 Å². The molecule has 1 aliphatic heterocycles. The van der Waals surface area contributed by atoms with Gasteiger partial charge >= 0.3 is 5.97 Å². The van der Waals surface area contributed by atoms with E-state index in [1.54, 1.807) is 13.0 Å². The van der Waals surface area contributed by atoms with Crippen molar-refractivity contribution in [3.8, 4) is 0 Å². The van der Waals surface area contributed by atoms with Gasteiger partial charge in [0.2, 0.25) is 0 Å². The zero-order valence-corrected chi connectivity index (χ0v) is 12.1. The van der Waals surface area contributed by atoms with Gasteiger partial charge in [-0.3, -0.25) is 9.59 Å². The van der Waals surface area contributed by atoms with Gasteiger partial charge in [0.15, 0.2) is 0 Å². The van der Waals surface area contributed by atoms with Gasteiger partial charge in [-0.25, -0.2) is 5.01 Å². The van der Waals surface area contributed by atoms with Crippen LogP contribution >= 0.6 is 11.6 Å². The van der Waals surface area contributed by atoms with Crippen molar-refractivity contribution in [3.63, 3.8) is 0 Å². The first kappa shape index (κ1) is 14.5. The molecule has 0 radical (unpaired) electrons. The summed E-state index contributed by atoms with van der Waals surface area (Å²) < 4.78 is 4.60. The molecule has 1 aliphatic rings. The fourth-order valence-corrected chi connectivity index (χ4v) is 2.25. The number of nitrogens with zero attached hydrogens (tertiary/aromatic N) is 2. The van der Waals surface area contributed by atoms with E-state index in [1.807, 2.05) is 18.2 Å². The molecule has 0 saturated carbocycles. The second-order valence-corrected chi connectivity index (χ2v) is 4.97. The van der Waals surface area contributed by atoms with Crippen LogP contribution in [0.15, 0.2) is 29.4 Å². The van der Waals surface area contributed by atoms with Gasteiger partial charge in [0.25, 0.3) is 5.91 Å². The second kappa shape index (κ2) is 6.05. The number of benzene rings is 1. The first-order chi connectivity index (χ1) is 9.52. The van der Waals surface area contributed by atoms with Crippen molar-refractivity contribution in [1.29, 1.82) is 0 Å². The van der Waals surface area contributed by atoms with E-state index in [1.165, 1.54) is 12.1 Å². The lowest BCUT2D eigenvalue weighted by Crippen LogP contribution is -2.29. The molecule has 5 nitrogen and oxygen atoms in total. The highest BCUT2D eigenvalue weighted by atomic mass is 35.5. The minimum absolute atomic E-state index is 0.0175. The monoisotopic (exact) mass is 294 g/mol. The number of methoxy groups -OCH3 is 1. The summed E-state index contributed by atoms with van der Waals surface area (Å²) in [5, 5.41) is 6.15. The number of carbonyl (C=O) groups excluding carboxylic acids is 2. The first-order valence-electron chi connectivity index (χ1n) is 6.19. The summed E-state index contributed by atoms with van der Waals surface area (Å²) in [6, 6.07) is 7.28. The van der Waals surface area contributed by atoms with Gasteiger partial charge in [-0.05, 0) is 18.6 Å². The molecule has 0 fully saturated rings. The van der Waals surface area contributed by atoms with Gasteiger partial charge in [0.05, 0.1) is 26.0 Å². The third kappa shape index (κ3) is 2.99. The number of hydrogen-bond donors (Lipinski definition) is 0. The van der Waals surface area contributed by atoms with Crippen LogP contribution in [0.25, 0.3) is 0 Å². The Morgan fingerprint density at radius 1 is 1.45 bits per heavy atom. The van der Waals surface area contributed by atoms with E-state index in [4.69, 9.17) is 11.6 Å². The Hall–Kier alpha value is -1.88. The molecule has 0 bridgehead atoms. The molecule has 1 atom stereocenters. The van der Waals surface area contributed by atoms with E-state index in [0.717, 1.165) is 5.56 Å². The molecule has 0 spiro atoms. The van der Waals surface area contributed by atoms with Gasteiger partial charge in [0, 0.05) is 10.7 Å². The maximum atomic E-state index is 12.2. The Morgan fingerprint density at radius 3 is 2.80 bits per heavy atom. The summed E-state index contributed by atoms with van der Waals surface area (Å²) in [5.74, 6) is -1.16. The highest BCUT2D eigenvalue weighted by Crippen LogP contribution is 2.24. The average Bonchev–Trinajstić information content (AvgIpc) is 2.69. The van der Waals surface area contributed by atoms with Crippen molar-refractivity contribution in [2.75, 3.05) is 7.11 Å². The lowest BCUT2D eigenvalue weighted by atomic mass is 10.0. The minimum Gasteiger partial charge on any atom is -0.469 e. The SMILES string of the molecule is COC(=O)CC1C(=O)N(Cc2ccccc2Cl)N=C1C. The van der Waals surface area contributed by atoms with Crippen LogP contribution in [0, 0.1) is 5.92 Å². The maximum absolute atomic E-state index is 12.2. The number of amides is 1. The molecule has 1 amide bonds. The van der Waals surface area contributed by atoms with Crippen molar-refractivity contribution < 1.29 is 14.3 Å². The largest absolute Gasteiger partial charge is 0.469 e. The molecule has 0 aliphatic carbocycles. The van der Waals surface area contributed by atoms with Crippen molar-refractivity contribution in [2.45, 2.75) is 19.9 Å². The summed E-state index contributed by atoms with van der Waals surface area (Å²) in [6.07, 6.45) is 0.0175. The number of hydrogen-bond acceptors (Lipinski definition) is 4. The van der Waals surface area contributed by atoms with Crippen molar-refractivity contribution in [3.05, 3.63) is 34.9 Å². The normalized spacial score (nSPS) is 18.1.